The highest BCUT2D eigenvalue weighted by atomic mass is 16.6. The van der Waals surface area contributed by atoms with Crippen LogP contribution in [0.2, 0.25) is 0 Å². The second kappa shape index (κ2) is 10.1. The number of likely N-dealkylation sites (N-methyl/N-ethyl adjacent to an activating group) is 2. The van der Waals surface area contributed by atoms with E-state index in [0.29, 0.717) is 48.3 Å². The predicted molar refractivity (Wildman–Crippen MR) is 134 cm³/mol. The topological polar surface area (TPSA) is 110 Å². The number of non-ortho nitro benzene ring substituents is 2. The Bertz CT molecular complexity index is 1290. The molecule has 0 atom stereocenters. The number of ketones is 1. The first-order chi connectivity index (χ1) is 16.7. The lowest BCUT2D eigenvalue weighted by molar-refractivity contribution is -0.385. The lowest BCUT2D eigenvalue weighted by Gasteiger charge is -2.33. The Morgan fingerprint density at radius 3 is 1.89 bits per heavy atom. The van der Waals surface area contributed by atoms with Crippen molar-refractivity contribution >= 4 is 29.3 Å². The zero-order valence-electron chi connectivity index (χ0n) is 19.6. The van der Waals surface area contributed by atoms with E-state index in [1.165, 1.54) is 24.3 Å². The minimum Gasteiger partial charge on any atom is -0.302 e. The molecule has 0 N–H and O–H groups in total. The van der Waals surface area contributed by atoms with Gasteiger partial charge in [0.1, 0.15) is 0 Å². The number of hydrogen-bond donors (Lipinski definition) is 0. The number of Topliss-reactive ketones (excluding diaryl/α,β-unsaturated/α-hetero) is 1. The Balaban J connectivity index is 1.75. The van der Waals surface area contributed by atoms with E-state index in [9.17, 15) is 25.0 Å². The number of rotatable bonds is 4. The van der Waals surface area contributed by atoms with Crippen LogP contribution < -0.4 is 0 Å². The van der Waals surface area contributed by atoms with Crippen molar-refractivity contribution in [2.75, 3.05) is 40.3 Å². The minimum atomic E-state index is -0.451. The third-order valence-electron chi connectivity index (χ3n) is 6.21. The zero-order chi connectivity index (χ0) is 25.1. The van der Waals surface area contributed by atoms with Crippen LogP contribution in [-0.2, 0) is 4.79 Å². The van der Waals surface area contributed by atoms with Crippen molar-refractivity contribution in [3.63, 3.8) is 0 Å². The summed E-state index contributed by atoms with van der Waals surface area (Å²) in [4.78, 5) is 39.3. The smallest absolute Gasteiger partial charge is 0.270 e. The lowest BCUT2D eigenvalue weighted by Crippen LogP contribution is -2.37. The van der Waals surface area contributed by atoms with E-state index >= 15 is 0 Å². The highest BCUT2D eigenvalue weighted by Crippen LogP contribution is 2.31. The first-order valence-electron chi connectivity index (χ1n) is 11.3. The molecule has 180 valence electrons. The summed E-state index contributed by atoms with van der Waals surface area (Å²) in [6, 6.07) is 12.7. The van der Waals surface area contributed by atoms with Gasteiger partial charge >= 0.3 is 0 Å². The molecule has 0 aliphatic carbocycles. The normalized spacial score (nSPS) is 22.1. The highest BCUT2D eigenvalue weighted by molar-refractivity contribution is 6.13. The number of carbonyl (C=O) groups is 1. The third kappa shape index (κ3) is 5.59. The fourth-order valence-corrected chi connectivity index (χ4v) is 4.56. The number of nitro benzene ring substituents is 2. The van der Waals surface area contributed by atoms with E-state index in [2.05, 4.69) is 9.80 Å². The maximum absolute atomic E-state index is 13.6. The molecule has 2 saturated heterocycles. The van der Waals surface area contributed by atoms with Gasteiger partial charge in [0.05, 0.1) is 9.85 Å². The molecule has 0 radical (unpaired) electrons. The van der Waals surface area contributed by atoms with Crippen molar-refractivity contribution in [1.29, 1.82) is 0 Å². The lowest BCUT2D eigenvalue weighted by atomic mass is 9.85. The fraction of sp³-hybridized carbons (Fsp3) is 0.269. The molecule has 0 amide bonds. The van der Waals surface area contributed by atoms with Crippen molar-refractivity contribution in [2.45, 2.75) is 6.42 Å². The second-order valence-corrected chi connectivity index (χ2v) is 8.99. The Morgan fingerprint density at radius 2 is 1.31 bits per heavy atom. The number of piperidine rings is 2. The van der Waals surface area contributed by atoms with Crippen LogP contribution >= 0.6 is 0 Å². The number of nitro groups is 2. The summed E-state index contributed by atoms with van der Waals surface area (Å²) in [6.07, 6.45) is 4.34. The summed E-state index contributed by atoms with van der Waals surface area (Å²) in [6.45, 7) is 2.37. The Hall–Kier alpha value is -3.95. The van der Waals surface area contributed by atoms with E-state index in [4.69, 9.17) is 0 Å². The van der Waals surface area contributed by atoms with Gasteiger partial charge in [0.25, 0.3) is 11.4 Å². The largest absolute Gasteiger partial charge is 0.302 e. The summed E-state index contributed by atoms with van der Waals surface area (Å²) < 4.78 is 0. The zero-order valence-corrected chi connectivity index (χ0v) is 19.6. The van der Waals surface area contributed by atoms with E-state index in [-0.39, 0.29) is 17.2 Å². The molecule has 2 aromatic rings. The molecule has 4 rings (SSSR count). The fourth-order valence-electron chi connectivity index (χ4n) is 4.56. The Kier molecular flexibility index (Phi) is 6.99. The summed E-state index contributed by atoms with van der Waals surface area (Å²) in [5.41, 5.74) is 4.55. The number of nitrogens with zero attached hydrogens (tertiary/aromatic N) is 4. The number of hydrogen-bond acceptors (Lipinski definition) is 7. The molecule has 2 aromatic carbocycles. The van der Waals surface area contributed by atoms with Gasteiger partial charge in [-0.3, -0.25) is 29.9 Å². The molecule has 0 saturated carbocycles. The Labute approximate surface area is 203 Å². The maximum Gasteiger partial charge on any atom is 0.270 e. The molecule has 2 heterocycles. The molecular weight excluding hydrogens is 448 g/mol. The number of benzene rings is 2. The van der Waals surface area contributed by atoms with Crippen molar-refractivity contribution in [1.82, 2.24) is 9.80 Å². The average molecular weight is 475 g/mol. The molecule has 0 bridgehead atoms. The van der Waals surface area contributed by atoms with Gasteiger partial charge in [0.2, 0.25) is 0 Å². The van der Waals surface area contributed by atoms with Crippen LogP contribution in [-0.4, -0.2) is 65.7 Å². The standard InChI is InChI=1S/C26H26N4O5/c1-27-10-9-24(20(15-27)11-18-5-3-7-22(13-18)29(32)33)25-17-28(2)16-21(26(25)31)12-19-6-4-8-23(14-19)30(34)35/h3-8,11-14H,9-10,15-17H2,1-2H3/b20-11+,21-12+,25-24+. The van der Waals surface area contributed by atoms with Gasteiger partial charge in [-0.1, -0.05) is 24.3 Å². The van der Waals surface area contributed by atoms with Crippen LogP contribution in [0.3, 0.4) is 0 Å². The van der Waals surface area contributed by atoms with Gasteiger partial charge < -0.3 is 4.90 Å². The predicted octanol–water partition coefficient (Wildman–Crippen LogP) is 4.12. The van der Waals surface area contributed by atoms with Gasteiger partial charge in [-0.15, -0.1) is 0 Å². The molecule has 35 heavy (non-hydrogen) atoms. The van der Waals surface area contributed by atoms with E-state index in [1.807, 2.05) is 26.2 Å². The van der Waals surface area contributed by atoms with Crippen LogP contribution in [0.1, 0.15) is 17.5 Å². The van der Waals surface area contributed by atoms with Crippen molar-refractivity contribution in [3.8, 4) is 0 Å². The Morgan fingerprint density at radius 1 is 0.771 bits per heavy atom. The van der Waals surface area contributed by atoms with Gasteiger partial charge in [-0.05, 0) is 54.9 Å². The third-order valence-corrected chi connectivity index (χ3v) is 6.21. The summed E-state index contributed by atoms with van der Waals surface area (Å²) in [7, 11) is 3.94. The summed E-state index contributed by atoms with van der Waals surface area (Å²) in [5, 5.41) is 22.4. The summed E-state index contributed by atoms with van der Waals surface area (Å²) >= 11 is 0. The van der Waals surface area contributed by atoms with E-state index in [0.717, 1.165) is 17.7 Å². The summed E-state index contributed by atoms with van der Waals surface area (Å²) in [5.74, 6) is -0.0564. The van der Waals surface area contributed by atoms with Gasteiger partial charge in [-0.25, -0.2) is 0 Å². The van der Waals surface area contributed by atoms with Crippen LogP contribution in [0, 0.1) is 20.2 Å². The average Bonchev–Trinajstić information content (AvgIpc) is 2.82. The van der Waals surface area contributed by atoms with Crippen LogP contribution in [0.25, 0.3) is 12.2 Å². The van der Waals surface area contributed by atoms with Crippen molar-refractivity contribution < 1.29 is 14.6 Å². The van der Waals surface area contributed by atoms with Crippen molar-refractivity contribution in [3.05, 3.63) is 102 Å². The highest BCUT2D eigenvalue weighted by Gasteiger charge is 2.29. The molecule has 2 aliphatic heterocycles. The van der Waals surface area contributed by atoms with Crippen LogP contribution in [0.4, 0.5) is 11.4 Å². The SMILES string of the molecule is CN1CCC(=C2/CN(C)C/C(=C\c3cccc([N+](=O)[O-])c3)C2=O)/C(=C/c2cccc([N+](=O)[O-])c2)C1. The molecule has 2 fully saturated rings. The maximum atomic E-state index is 13.6. The first kappa shape index (κ1) is 24.2. The first-order valence-corrected chi connectivity index (χ1v) is 11.3. The monoisotopic (exact) mass is 474 g/mol. The molecule has 9 nitrogen and oxygen atoms in total. The van der Waals surface area contributed by atoms with Gasteiger partial charge in [0, 0.05) is 61.6 Å². The van der Waals surface area contributed by atoms with E-state index in [1.54, 1.807) is 24.3 Å². The molecular formula is C26H26N4O5. The van der Waals surface area contributed by atoms with Crippen LogP contribution in [0.5, 0.6) is 0 Å². The molecule has 0 unspecified atom stereocenters. The second-order valence-electron chi connectivity index (χ2n) is 8.99. The minimum absolute atomic E-state index is 0.0213. The number of likely N-dealkylation sites (tertiary alicyclic amines) is 2. The molecule has 2 aliphatic rings. The molecule has 0 aromatic heterocycles. The molecule has 0 spiro atoms. The molecule has 9 heteroatoms. The van der Waals surface area contributed by atoms with Gasteiger partial charge in [0.15, 0.2) is 5.78 Å². The quantitative estimate of drug-likeness (QED) is 0.372. The van der Waals surface area contributed by atoms with Crippen molar-refractivity contribution in [2.24, 2.45) is 0 Å². The number of carbonyl (C=O) groups excluding carboxylic acids is 1. The van der Waals surface area contributed by atoms with Gasteiger partial charge in [-0.2, -0.15) is 0 Å². The van der Waals surface area contributed by atoms with E-state index < -0.39 is 9.85 Å². The van der Waals surface area contributed by atoms with Crippen LogP contribution in [0.15, 0.2) is 70.8 Å².